The number of hydrogen-bond acceptors (Lipinski definition) is 2. The maximum Gasteiger partial charge on any atom is 0.251 e. The fraction of sp³-hybridized carbons (Fsp3) is 0. The first-order valence-electron chi connectivity index (χ1n) is 3.31. The van der Waals surface area contributed by atoms with Crippen molar-refractivity contribution in [3.8, 4) is 0 Å². The fourth-order valence-electron chi connectivity index (χ4n) is 0.868. The second-order valence-corrected chi connectivity index (χ2v) is 2.30. The van der Waals surface area contributed by atoms with Crippen LogP contribution in [0.3, 0.4) is 0 Å². The van der Waals surface area contributed by atoms with Crippen LogP contribution in [0, 0.1) is 11.6 Å². The van der Waals surface area contributed by atoms with Crippen LogP contribution in [0.2, 0.25) is 0 Å². The van der Waals surface area contributed by atoms with Crippen molar-refractivity contribution in [1.29, 1.82) is 0 Å². The average molecular weight is 185 g/mol. The molecule has 1 aromatic rings. The molecular weight excluding hydrogens is 180 g/mol. The third-order valence-corrected chi connectivity index (χ3v) is 1.51. The number of primary amides is 1. The highest BCUT2D eigenvalue weighted by Gasteiger charge is 2.15. The summed E-state index contributed by atoms with van der Waals surface area (Å²) in [6.45, 7) is 0. The van der Waals surface area contributed by atoms with Crippen LogP contribution in [0.4, 0.5) is 8.78 Å². The number of aldehydes is 1. The molecule has 0 aromatic heterocycles. The molecule has 13 heavy (non-hydrogen) atoms. The molecule has 0 bridgehead atoms. The Bertz CT molecular complexity index is 377. The summed E-state index contributed by atoms with van der Waals surface area (Å²) in [6, 6.07) is 1.70. The largest absolute Gasteiger partial charge is 0.366 e. The van der Waals surface area contributed by atoms with Crippen LogP contribution in [0.5, 0.6) is 0 Å². The highest BCUT2D eigenvalue weighted by atomic mass is 19.1. The Morgan fingerprint density at radius 1 is 1.38 bits per heavy atom. The Morgan fingerprint density at radius 2 is 2.00 bits per heavy atom. The standard InChI is InChI=1S/C8H5F2NO2/c9-6-2-1-4(8(11)13)7(10)5(6)3-12/h1-3H,(H2,11,13). The van der Waals surface area contributed by atoms with Crippen LogP contribution < -0.4 is 5.73 Å². The van der Waals surface area contributed by atoms with Gasteiger partial charge in [0.1, 0.15) is 11.6 Å². The van der Waals surface area contributed by atoms with E-state index in [4.69, 9.17) is 5.73 Å². The summed E-state index contributed by atoms with van der Waals surface area (Å²) in [5.74, 6) is -3.28. The van der Waals surface area contributed by atoms with Crippen molar-refractivity contribution < 1.29 is 18.4 Å². The fourth-order valence-corrected chi connectivity index (χ4v) is 0.868. The number of nitrogens with two attached hydrogens (primary N) is 1. The zero-order valence-electron chi connectivity index (χ0n) is 6.38. The van der Waals surface area contributed by atoms with E-state index in [1.165, 1.54) is 0 Å². The number of amides is 1. The molecule has 0 saturated heterocycles. The highest BCUT2D eigenvalue weighted by molar-refractivity contribution is 5.95. The molecule has 0 saturated carbocycles. The monoisotopic (exact) mass is 185 g/mol. The van der Waals surface area contributed by atoms with Crippen LogP contribution in [-0.2, 0) is 0 Å². The van der Waals surface area contributed by atoms with E-state index in [0.717, 1.165) is 12.1 Å². The molecule has 5 heteroatoms. The molecule has 3 nitrogen and oxygen atoms in total. The number of carbonyl (C=O) groups is 2. The minimum absolute atomic E-state index is 0.00287. The lowest BCUT2D eigenvalue weighted by atomic mass is 10.1. The molecule has 1 aromatic carbocycles. The first-order valence-corrected chi connectivity index (χ1v) is 3.31. The van der Waals surface area contributed by atoms with Crippen molar-refractivity contribution in [2.45, 2.75) is 0 Å². The third-order valence-electron chi connectivity index (χ3n) is 1.51. The van der Waals surface area contributed by atoms with E-state index in [9.17, 15) is 18.4 Å². The summed E-state index contributed by atoms with van der Waals surface area (Å²) in [5.41, 5.74) is 3.49. The molecule has 0 spiro atoms. The van der Waals surface area contributed by atoms with Crippen molar-refractivity contribution in [2.24, 2.45) is 5.73 Å². The lowest BCUT2D eigenvalue weighted by Crippen LogP contribution is -2.14. The Balaban J connectivity index is 3.44. The second kappa shape index (κ2) is 3.30. The third kappa shape index (κ3) is 1.53. The number of hydrogen-bond donors (Lipinski definition) is 1. The lowest BCUT2D eigenvalue weighted by Gasteiger charge is -2.00. The average Bonchev–Trinajstić information content (AvgIpc) is 2.04. The van der Waals surface area contributed by atoms with Gasteiger partial charge in [-0.3, -0.25) is 9.59 Å². The van der Waals surface area contributed by atoms with Gasteiger partial charge < -0.3 is 5.73 Å². The van der Waals surface area contributed by atoms with Gasteiger partial charge in [0.15, 0.2) is 6.29 Å². The van der Waals surface area contributed by atoms with Gasteiger partial charge in [0.25, 0.3) is 5.91 Å². The predicted molar refractivity (Wildman–Crippen MR) is 40.3 cm³/mol. The maximum atomic E-state index is 13.0. The smallest absolute Gasteiger partial charge is 0.251 e. The van der Waals surface area contributed by atoms with Crippen molar-refractivity contribution in [3.63, 3.8) is 0 Å². The maximum absolute atomic E-state index is 13.0. The van der Waals surface area contributed by atoms with E-state index < -0.39 is 28.7 Å². The second-order valence-electron chi connectivity index (χ2n) is 2.30. The summed E-state index contributed by atoms with van der Waals surface area (Å²) in [4.78, 5) is 20.7. The Labute approximate surface area is 72.2 Å². The molecule has 0 heterocycles. The van der Waals surface area contributed by atoms with E-state index >= 15 is 0 Å². The molecule has 0 aliphatic rings. The summed E-state index contributed by atoms with van der Waals surface area (Å²) in [7, 11) is 0. The van der Waals surface area contributed by atoms with Gasteiger partial charge in [-0.1, -0.05) is 0 Å². The van der Waals surface area contributed by atoms with E-state index in [2.05, 4.69) is 0 Å². The van der Waals surface area contributed by atoms with Gasteiger partial charge in [0.2, 0.25) is 0 Å². The topological polar surface area (TPSA) is 60.2 Å². The van der Waals surface area contributed by atoms with Gasteiger partial charge in [0, 0.05) is 0 Å². The predicted octanol–water partition coefficient (Wildman–Crippen LogP) is 0.876. The summed E-state index contributed by atoms with van der Waals surface area (Å²) in [6.07, 6.45) is -0.00287. The van der Waals surface area contributed by atoms with Crippen molar-refractivity contribution >= 4 is 12.2 Å². The summed E-state index contributed by atoms with van der Waals surface area (Å²) < 4.78 is 25.7. The molecule has 0 aliphatic carbocycles. The number of rotatable bonds is 2. The minimum Gasteiger partial charge on any atom is -0.366 e. The van der Waals surface area contributed by atoms with Crippen LogP contribution in [0.15, 0.2) is 12.1 Å². The van der Waals surface area contributed by atoms with Crippen molar-refractivity contribution in [3.05, 3.63) is 34.9 Å². The van der Waals surface area contributed by atoms with Crippen LogP contribution >= 0.6 is 0 Å². The molecule has 2 N–H and O–H groups in total. The molecule has 1 amide bonds. The Hall–Kier alpha value is -1.78. The number of halogens is 2. The molecule has 0 unspecified atom stereocenters. The van der Waals surface area contributed by atoms with Gasteiger partial charge in [-0.05, 0) is 12.1 Å². The number of benzene rings is 1. The van der Waals surface area contributed by atoms with E-state index in [1.807, 2.05) is 0 Å². The molecule has 68 valence electrons. The molecule has 0 radical (unpaired) electrons. The first kappa shape index (κ1) is 9.31. The van der Waals surface area contributed by atoms with Crippen LogP contribution in [-0.4, -0.2) is 12.2 Å². The van der Waals surface area contributed by atoms with Gasteiger partial charge >= 0.3 is 0 Å². The lowest BCUT2D eigenvalue weighted by molar-refractivity contribution is 0.0996. The zero-order chi connectivity index (χ0) is 10.0. The Kier molecular flexibility index (Phi) is 2.36. The Morgan fingerprint density at radius 3 is 2.46 bits per heavy atom. The molecule has 0 atom stereocenters. The van der Waals surface area contributed by atoms with Gasteiger partial charge in [-0.25, -0.2) is 8.78 Å². The van der Waals surface area contributed by atoms with Crippen LogP contribution in [0.25, 0.3) is 0 Å². The van der Waals surface area contributed by atoms with E-state index in [0.29, 0.717) is 0 Å². The minimum atomic E-state index is -1.22. The van der Waals surface area contributed by atoms with E-state index in [-0.39, 0.29) is 6.29 Å². The molecule has 1 rings (SSSR count). The van der Waals surface area contributed by atoms with Gasteiger partial charge in [-0.15, -0.1) is 0 Å². The highest BCUT2D eigenvalue weighted by Crippen LogP contribution is 2.14. The van der Waals surface area contributed by atoms with Crippen molar-refractivity contribution in [2.75, 3.05) is 0 Å². The summed E-state index contributed by atoms with van der Waals surface area (Å²) >= 11 is 0. The zero-order valence-corrected chi connectivity index (χ0v) is 6.38. The van der Waals surface area contributed by atoms with E-state index in [1.54, 1.807) is 0 Å². The summed E-state index contributed by atoms with van der Waals surface area (Å²) in [5, 5.41) is 0. The van der Waals surface area contributed by atoms with Crippen molar-refractivity contribution in [1.82, 2.24) is 0 Å². The van der Waals surface area contributed by atoms with Crippen LogP contribution in [0.1, 0.15) is 20.7 Å². The molecule has 0 aliphatic heterocycles. The molecule has 0 fully saturated rings. The van der Waals surface area contributed by atoms with Gasteiger partial charge in [-0.2, -0.15) is 0 Å². The normalized spacial score (nSPS) is 9.69. The SMILES string of the molecule is NC(=O)c1ccc(F)c(C=O)c1F. The first-order chi connectivity index (χ1) is 6.07. The number of carbonyl (C=O) groups excluding carboxylic acids is 2. The quantitative estimate of drug-likeness (QED) is 0.695. The molecular formula is C8H5F2NO2. The van der Waals surface area contributed by atoms with Gasteiger partial charge in [0.05, 0.1) is 11.1 Å².